The second-order valence-electron chi connectivity index (χ2n) is 4.29. The first-order valence-electron chi connectivity index (χ1n) is 5.75. The van der Waals surface area contributed by atoms with Crippen LogP contribution in [-0.2, 0) is 19.1 Å². The molecule has 5 heteroatoms. The van der Waals surface area contributed by atoms with Crippen molar-refractivity contribution in [3.63, 3.8) is 0 Å². The van der Waals surface area contributed by atoms with Crippen LogP contribution in [0.5, 0.6) is 0 Å². The lowest BCUT2D eigenvalue weighted by atomic mass is 9.83. The van der Waals surface area contributed by atoms with Gasteiger partial charge in [0.15, 0.2) is 0 Å². The van der Waals surface area contributed by atoms with Crippen molar-refractivity contribution in [2.24, 2.45) is 11.8 Å². The van der Waals surface area contributed by atoms with Crippen LogP contribution < -0.4 is 0 Å². The standard InChI is InChI=1S/C12H15NO4/c1-3-13-11(15)8-5-4-6-9(17-7(2)14)10(8)12(13)16/h4,6,8-10H,3,5H2,1-2H3. The molecule has 2 aliphatic rings. The fraction of sp³-hybridized carbons (Fsp3) is 0.583. The molecule has 0 aromatic carbocycles. The minimum Gasteiger partial charge on any atom is -0.457 e. The minimum absolute atomic E-state index is 0.149. The second kappa shape index (κ2) is 4.31. The Morgan fingerprint density at radius 1 is 1.47 bits per heavy atom. The van der Waals surface area contributed by atoms with Crippen molar-refractivity contribution in [2.75, 3.05) is 6.54 Å². The summed E-state index contributed by atoms with van der Waals surface area (Å²) < 4.78 is 5.09. The highest BCUT2D eigenvalue weighted by Gasteiger charge is 2.51. The van der Waals surface area contributed by atoms with E-state index in [1.165, 1.54) is 11.8 Å². The third-order valence-corrected chi connectivity index (χ3v) is 3.26. The summed E-state index contributed by atoms with van der Waals surface area (Å²) in [5, 5.41) is 0. The van der Waals surface area contributed by atoms with Gasteiger partial charge in [0, 0.05) is 13.5 Å². The Bertz CT molecular complexity index is 401. The van der Waals surface area contributed by atoms with Crippen molar-refractivity contribution in [2.45, 2.75) is 26.4 Å². The lowest BCUT2D eigenvalue weighted by molar-refractivity contribution is -0.149. The SMILES string of the molecule is CCN1C(=O)C2CC=CC(OC(C)=O)C2C1=O. The highest BCUT2D eigenvalue weighted by Crippen LogP contribution is 2.36. The molecule has 3 unspecified atom stereocenters. The summed E-state index contributed by atoms with van der Waals surface area (Å²) in [6.45, 7) is 3.44. The van der Waals surface area contributed by atoms with Gasteiger partial charge in [-0.2, -0.15) is 0 Å². The number of allylic oxidation sites excluding steroid dienone is 1. The number of amides is 2. The summed E-state index contributed by atoms with van der Waals surface area (Å²) in [5.74, 6) is -1.70. The van der Waals surface area contributed by atoms with Gasteiger partial charge in [0.25, 0.3) is 0 Å². The summed E-state index contributed by atoms with van der Waals surface area (Å²) in [6.07, 6.45) is 3.45. The van der Waals surface area contributed by atoms with Crippen molar-refractivity contribution >= 4 is 17.8 Å². The molecule has 0 spiro atoms. The van der Waals surface area contributed by atoms with Crippen LogP contribution in [0, 0.1) is 11.8 Å². The van der Waals surface area contributed by atoms with Crippen LogP contribution in [0.3, 0.4) is 0 Å². The summed E-state index contributed by atoms with van der Waals surface area (Å²) in [7, 11) is 0. The largest absolute Gasteiger partial charge is 0.457 e. The van der Waals surface area contributed by atoms with Gasteiger partial charge in [-0.1, -0.05) is 6.08 Å². The van der Waals surface area contributed by atoms with Gasteiger partial charge in [0.2, 0.25) is 11.8 Å². The molecule has 17 heavy (non-hydrogen) atoms. The van der Waals surface area contributed by atoms with Gasteiger partial charge in [-0.05, 0) is 19.4 Å². The number of carbonyl (C=O) groups excluding carboxylic acids is 3. The first-order valence-corrected chi connectivity index (χ1v) is 5.75. The van der Waals surface area contributed by atoms with Gasteiger partial charge in [-0.3, -0.25) is 19.3 Å². The number of hydrogen-bond donors (Lipinski definition) is 0. The molecular weight excluding hydrogens is 222 g/mol. The van der Waals surface area contributed by atoms with E-state index in [1.807, 2.05) is 0 Å². The maximum Gasteiger partial charge on any atom is 0.303 e. The van der Waals surface area contributed by atoms with E-state index < -0.39 is 18.0 Å². The summed E-state index contributed by atoms with van der Waals surface area (Å²) in [5.41, 5.74) is 0. The number of rotatable bonds is 2. The number of imide groups is 1. The topological polar surface area (TPSA) is 63.7 Å². The highest BCUT2D eigenvalue weighted by atomic mass is 16.5. The normalized spacial score (nSPS) is 31.6. The average Bonchev–Trinajstić information content (AvgIpc) is 2.52. The Hall–Kier alpha value is -1.65. The number of likely N-dealkylation sites (tertiary alicyclic amines) is 1. The number of fused-ring (bicyclic) bond motifs is 1. The zero-order valence-corrected chi connectivity index (χ0v) is 9.88. The van der Waals surface area contributed by atoms with E-state index in [-0.39, 0.29) is 17.7 Å². The van der Waals surface area contributed by atoms with Crippen molar-refractivity contribution in [1.82, 2.24) is 4.90 Å². The molecule has 92 valence electrons. The zero-order valence-electron chi connectivity index (χ0n) is 9.88. The fourth-order valence-electron chi connectivity index (χ4n) is 2.53. The fourth-order valence-corrected chi connectivity index (χ4v) is 2.53. The predicted octanol–water partition coefficient (Wildman–Crippen LogP) is 0.499. The summed E-state index contributed by atoms with van der Waals surface area (Å²) >= 11 is 0. The van der Waals surface area contributed by atoms with Gasteiger partial charge in [0.1, 0.15) is 6.10 Å². The van der Waals surface area contributed by atoms with Gasteiger partial charge in [-0.25, -0.2) is 0 Å². The Balaban J connectivity index is 2.27. The van der Waals surface area contributed by atoms with Crippen molar-refractivity contribution < 1.29 is 19.1 Å². The number of ether oxygens (including phenoxy) is 1. The highest BCUT2D eigenvalue weighted by molar-refractivity contribution is 6.05. The Morgan fingerprint density at radius 2 is 2.18 bits per heavy atom. The van der Waals surface area contributed by atoms with E-state index in [4.69, 9.17) is 4.74 Å². The van der Waals surface area contributed by atoms with Gasteiger partial charge in [-0.15, -0.1) is 0 Å². The molecule has 1 aliphatic heterocycles. The Labute approximate surface area is 99.4 Å². The molecule has 0 aromatic heterocycles. The van der Waals surface area contributed by atoms with Crippen LogP contribution in [0.2, 0.25) is 0 Å². The first kappa shape index (κ1) is 11.8. The third kappa shape index (κ3) is 1.85. The van der Waals surface area contributed by atoms with Gasteiger partial charge < -0.3 is 4.74 Å². The molecule has 0 bridgehead atoms. The molecule has 3 atom stereocenters. The van der Waals surface area contributed by atoms with Crippen LogP contribution in [0.1, 0.15) is 20.3 Å². The first-order chi connectivity index (χ1) is 8.06. The monoisotopic (exact) mass is 237 g/mol. The molecule has 1 fully saturated rings. The molecule has 2 amide bonds. The molecule has 1 saturated heterocycles. The summed E-state index contributed by atoms with van der Waals surface area (Å²) in [4.78, 5) is 36.2. The average molecular weight is 237 g/mol. The van der Waals surface area contributed by atoms with E-state index in [0.29, 0.717) is 13.0 Å². The van der Waals surface area contributed by atoms with Gasteiger partial charge in [0.05, 0.1) is 11.8 Å². The van der Waals surface area contributed by atoms with E-state index in [0.717, 1.165) is 0 Å². The van der Waals surface area contributed by atoms with E-state index in [2.05, 4.69) is 0 Å². The molecule has 0 aromatic rings. The molecule has 1 aliphatic carbocycles. The number of hydrogen-bond acceptors (Lipinski definition) is 4. The quantitative estimate of drug-likeness (QED) is 0.398. The van der Waals surface area contributed by atoms with E-state index in [1.54, 1.807) is 19.1 Å². The smallest absolute Gasteiger partial charge is 0.303 e. The molecule has 0 saturated carbocycles. The van der Waals surface area contributed by atoms with Crippen LogP contribution >= 0.6 is 0 Å². The van der Waals surface area contributed by atoms with Crippen LogP contribution in [0.25, 0.3) is 0 Å². The number of nitrogens with zero attached hydrogens (tertiary/aromatic N) is 1. The van der Waals surface area contributed by atoms with Crippen molar-refractivity contribution in [3.8, 4) is 0 Å². The number of esters is 1. The molecule has 0 radical (unpaired) electrons. The van der Waals surface area contributed by atoms with Crippen LogP contribution in [0.15, 0.2) is 12.2 Å². The lowest BCUT2D eigenvalue weighted by Gasteiger charge is -2.25. The second-order valence-corrected chi connectivity index (χ2v) is 4.29. The molecular formula is C12H15NO4. The lowest BCUT2D eigenvalue weighted by Crippen LogP contribution is -2.36. The molecule has 2 rings (SSSR count). The zero-order chi connectivity index (χ0) is 12.6. The minimum atomic E-state index is -0.598. The molecule has 0 N–H and O–H groups in total. The molecule has 5 nitrogen and oxygen atoms in total. The Kier molecular flexibility index (Phi) is 3.00. The number of carbonyl (C=O) groups is 3. The summed E-state index contributed by atoms with van der Waals surface area (Å²) in [6, 6.07) is 0. The third-order valence-electron chi connectivity index (χ3n) is 3.26. The van der Waals surface area contributed by atoms with Gasteiger partial charge >= 0.3 is 5.97 Å². The van der Waals surface area contributed by atoms with Crippen molar-refractivity contribution in [1.29, 1.82) is 0 Å². The van der Waals surface area contributed by atoms with E-state index >= 15 is 0 Å². The van der Waals surface area contributed by atoms with E-state index in [9.17, 15) is 14.4 Å². The predicted molar refractivity (Wildman–Crippen MR) is 58.7 cm³/mol. The Morgan fingerprint density at radius 3 is 2.76 bits per heavy atom. The maximum atomic E-state index is 12.1. The van der Waals surface area contributed by atoms with Crippen molar-refractivity contribution in [3.05, 3.63) is 12.2 Å². The molecule has 1 heterocycles. The van der Waals surface area contributed by atoms with Crippen LogP contribution in [0.4, 0.5) is 0 Å². The van der Waals surface area contributed by atoms with Crippen LogP contribution in [-0.4, -0.2) is 35.3 Å². The maximum absolute atomic E-state index is 12.1.